The lowest BCUT2D eigenvalue weighted by Crippen LogP contribution is -2.19. The average Bonchev–Trinajstić information content (AvgIpc) is 3.31. The number of benzene rings is 1. The van der Waals surface area contributed by atoms with Gasteiger partial charge in [0.2, 0.25) is 5.91 Å². The maximum absolute atomic E-state index is 12.4. The number of aryl methyl sites for hydroxylation is 2. The van der Waals surface area contributed by atoms with Gasteiger partial charge >= 0.3 is 0 Å². The minimum atomic E-state index is -3.01. The summed E-state index contributed by atoms with van der Waals surface area (Å²) in [4.78, 5) is 17.0. The average molecular weight is 419 g/mol. The van der Waals surface area contributed by atoms with E-state index < -0.39 is 9.84 Å². The van der Waals surface area contributed by atoms with Crippen LogP contribution < -0.4 is 5.32 Å². The molecule has 0 saturated carbocycles. The standard InChI is InChI=1S/C19H22N4O3S2/c1-13-11-17(23(22-13)14-9-10-28(25,26)12-14)21-18(24)7-4-8-19-20-15-5-2-3-6-16(15)27-19/h2-3,5-6,11,14H,4,7-10,12H2,1H3,(H,21,24)/t14-/m0/s1. The van der Waals surface area contributed by atoms with Crippen LogP contribution in [0.1, 0.15) is 36.0 Å². The van der Waals surface area contributed by atoms with Crippen molar-refractivity contribution >= 4 is 43.1 Å². The van der Waals surface area contributed by atoms with Gasteiger partial charge in [0, 0.05) is 12.5 Å². The number of aromatic nitrogens is 3. The lowest BCUT2D eigenvalue weighted by molar-refractivity contribution is -0.116. The molecule has 1 saturated heterocycles. The molecule has 148 valence electrons. The minimum Gasteiger partial charge on any atom is -0.311 e. The molecule has 4 rings (SSSR count). The smallest absolute Gasteiger partial charge is 0.225 e. The van der Waals surface area contributed by atoms with Crippen LogP contribution in [0.3, 0.4) is 0 Å². The van der Waals surface area contributed by atoms with Crippen LogP contribution in [0.5, 0.6) is 0 Å². The summed E-state index contributed by atoms with van der Waals surface area (Å²) in [6.45, 7) is 1.84. The fourth-order valence-corrected chi connectivity index (χ4v) is 6.19. The number of thiazole rings is 1. The molecule has 0 unspecified atom stereocenters. The molecule has 7 nitrogen and oxygen atoms in total. The molecular weight excluding hydrogens is 396 g/mol. The summed E-state index contributed by atoms with van der Waals surface area (Å²) in [5.41, 5.74) is 1.76. The van der Waals surface area contributed by atoms with Crippen LogP contribution in [0.25, 0.3) is 10.2 Å². The molecule has 3 aromatic rings. The van der Waals surface area contributed by atoms with E-state index in [-0.39, 0.29) is 23.5 Å². The minimum absolute atomic E-state index is 0.0780. The second kappa shape index (κ2) is 7.63. The number of anilines is 1. The first-order chi connectivity index (χ1) is 13.4. The molecule has 0 bridgehead atoms. The number of amides is 1. The zero-order chi connectivity index (χ0) is 19.7. The quantitative estimate of drug-likeness (QED) is 0.664. The predicted molar refractivity (Wildman–Crippen MR) is 110 cm³/mol. The fourth-order valence-electron chi connectivity index (χ4n) is 3.49. The predicted octanol–water partition coefficient (Wildman–Crippen LogP) is 3.12. The molecule has 1 aliphatic rings. The number of rotatable bonds is 6. The Labute approximate surface area is 167 Å². The normalized spacial score (nSPS) is 18.5. The number of nitrogens with one attached hydrogen (secondary N) is 1. The summed E-state index contributed by atoms with van der Waals surface area (Å²) in [5.74, 6) is 0.730. The zero-order valence-electron chi connectivity index (χ0n) is 15.6. The van der Waals surface area contributed by atoms with Gasteiger partial charge in [-0.3, -0.25) is 4.79 Å². The van der Waals surface area contributed by atoms with Gasteiger partial charge in [-0.1, -0.05) is 12.1 Å². The summed E-state index contributed by atoms with van der Waals surface area (Å²) in [5, 5.41) is 8.32. The highest BCUT2D eigenvalue weighted by atomic mass is 32.2. The van der Waals surface area contributed by atoms with E-state index in [9.17, 15) is 13.2 Å². The van der Waals surface area contributed by atoms with Crippen molar-refractivity contribution in [2.45, 2.75) is 38.6 Å². The van der Waals surface area contributed by atoms with E-state index >= 15 is 0 Å². The van der Waals surface area contributed by atoms with Gasteiger partial charge in [0.05, 0.1) is 38.5 Å². The Bertz CT molecular complexity index is 1080. The highest BCUT2D eigenvalue weighted by molar-refractivity contribution is 7.91. The highest BCUT2D eigenvalue weighted by Gasteiger charge is 2.31. The van der Waals surface area contributed by atoms with E-state index in [4.69, 9.17) is 0 Å². The van der Waals surface area contributed by atoms with Gasteiger partial charge in [0.15, 0.2) is 9.84 Å². The lowest BCUT2D eigenvalue weighted by Gasteiger charge is -2.13. The molecule has 3 heterocycles. The van der Waals surface area contributed by atoms with Crippen molar-refractivity contribution in [2.24, 2.45) is 0 Å². The summed E-state index contributed by atoms with van der Waals surface area (Å²) in [6, 6.07) is 9.59. The molecule has 0 spiro atoms. The van der Waals surface area contributed by atoms with E-state index in [0.717, 1.165) is 27.3 Å². The first-order valence-corrected chi connectivity index (χ1v) is 11.9. The Balaban J connectivity index is 1.35. The fraction of sp³-hybridized carbons (Fsp3) is 0.421. The first kappa shape index (κ1) is 19.1. The van der Waals surface area contributed by atoms with E-state index in [2.05, 4.69) is 21.5 Å². The number of carbonyl (C=O) groups is 1. The van der Waals surface area contributed by atoms with Gasteiger partial charge in [-0.25, -0.2) is 18.1 Å². The van der Waals surface area contributed by atoms with Crippen LogP contribution in [0.2, 0.25) is 0 Å². The number of hydrogen-bond donors (Lipinski definition) is 1. The Morgan fingerprint density at radius 1 is 1.36 bits per heavy atom. The molecule has 9 heteroatoms. The van der Waals surface area contributed by atoms with E-state index in [1.54, 1.807) is 22.1 Å². The van der Waals surface area contributed by atoms with E-state index in [1.165, 1.54) is 0 Å². The summed E-state index contributed by atoms with van der Waals surface area (Å²) in [6.07, 6.45) is 2.37. The van der Waals surface area contributed by atoms with Crippen molar-refractivity contribution in [3.63, 3.8) is 0 Å². The van der Waals surface area contributed by atoms with Crippen molar-refractivity contribution in [1.82, 2.24) is 14.8 Å². The summed E-state index contributed by atoms with van der Waals surface area (Å²) >= 11 is 1.66. The molecule has 0 aliphatic carbocycles. The van der Waals surface area contributed by atoms with Gasteiger partial charge in [-0.2, -0.15) is 5.10 Å². The van der Waals surface area contributed by atoms with Crippen LogP contribution in [0.15, 0.2) is 30.3 Å². The molecule has 1 fully saturated rings. The Morgan fingerprint density at radius 3 is 2.93 bits per heavy atom. The second-order valence-corrected chi connectivity index (χ2v) is 10.5. The number of carbonyl (C=O) groups excluding carboxylic acids is 1. The van der Waals surface area contributed by atoms with Gasteiger partial charge in [0.1, 0.15) is 5.82 Å². The van der Waals surface area contributed by atoms with Gasteiger partial charge in [0.25, 0.3) is 0 Å². The number of nitrogens with zero attached hydrogens (tertiary/aromatic N) is 3. The summed E-state index contributed by atoms with van der Waals surface area (Å²) < 4.78 is 26.3. The molecule has 1 aromatic carbocycles. The van der Waals surface area contributed by atoms with Crippen molar-refractivity contribution < 1.29 is 13.2 Å². The third-order valence-corrected chi connectivity index (χ3v) is 7.66. The molecule has 1 aliphatic heterocycles. The SMILES string of the molecule is Cc1cc(NC(=O)CCCc2nc3ccccc3s2)n([C@H]2CCS(=O)(=O)C2)n1. The van der Waals surface area contributed by atoms with Crippen molar-refractivity contribution in [3.8, 4) is 0 Å². The van der Waals surface area contributed by atoms with E-state index in [1.807, 2.05) is 25.1 Å². The molecule has 1 amide bonds. The second-order valence-electron chi connectivity index (χ2n) is 7.15. The Hall–Kier alpha value is -2.26. The number of para-hydroxylation sites is 1. The zero-order valence-corrected chi connectivity index (χ0v) is 17.2. The lowest BCUT2D eigenvalue weighted by atomic mass is 10.2. The molecule has 1 atom stereocenters. The highest BCUT2D eigenvalue weighted by Crippen LogP contribution is 2.27. The number of sulfone groups is 1. The number of hydrogen-bond acceptors (Lipinski definition) is 6. The molecular formula is C19H22N4O3S2. The third-order valence-electron chi connectivity index (χ3n) is 4.81. The first-order valence-electron chi connectivity index (χ1n) is 9.30. The Morgan fingerprint density at radius 2 is 2.18 bits per heavy atom. The maximum Gasteiger partial charge on any atom is 0.225 e. The molecule has 2 aromatic heterocycles. The van der Waals surface area contributed by atoms with Crippen molar-refractivity contribution in [1.29, 1.82) is 0 Å². The topological polar surface area (TPSA) is 94.0 Å². The third kappa shape index (κ3) is 4.25. The maximum atomic E-state index is 12.4. The van der Waals surface area contributed by atoms with Crippen LogP contribution >= 0.6 is 11.3 Å². The number of fused-ring (bicyclic) bond motifs is 1. The Kier molecular flexibility index (Phi) is 5.20. The van der Waals surface area contributed by atoms with Gasteiger partial charge < -0.3 is 5.32 Å². The molecule has 0 radical (unpaired) electrons. The molecule has 1 N–H and O–H groups in total. The van der Waals surface area contributed by atoms with Gasteiger partial charge in [-0.05, 0) is 38.3 Å². The van der Waals surface area contributed by atoms with Crippen molar-refractivity contribution in [2.75, 3.05) is 16.8 Å². The van der Waals surface area contributed by atoms with Crippen LogP contribution in [-0.4, -0.2) is 40.6 Å². The summed E-state index contributed by atoms with van der Waals surface area (Å²) in [7, 11) is -3.01. The van der Waals surface area contributed by atoms with E-state index in [0.29, 0.717) is 25.1 Å². The van der Waals surface area contributed by atoms with Crippen LogP contribution in [-0.2, 0) is 21.1 Å². The largest absolute Gasteiger partial charge is 0.311 e. The monoisotopic (exact) mass is 418 g/mol. The van der Waals surface area contributed by atoms with Crippen LogP contribution in [0, 0.1) is 6.92 Å². The van der Waals surface area contributed by atoms with Crippen molar-refractivity contribution in [3.05, 3.63) is 41.0 Å². The van der Waals surface area contributed by atoms with Crippen LogP contribution in [0.4, 0.5) is 5.82 Å². The molecule has 28 heavy (non-hydrogen) atoms. The van der Waals surface area contributed by atoms with Gasteiger partial charge in [-0.15, -0.1) is 11.3 Å².